The smallest absolute Gasteiger partial charge is 0.340 e. The van der Waals surface area contributed by atoms with Gasteiger partial charge in [-0.3, -0.25) is 4.79 Å². The van der Waals surface area contributed by atoms with E-state index in [-0.39, 0.29) is 23.4 Å². The predicted molar refractivity (Wildman–Crippen MR) is 136 cm³/mol. The number of thioether (sulfide) groups is 1. The molecule has 0 aliphatic carbocycles. The lowest BCUT2D eigenvalue weighted by atomic mass is 9.94. The van der Waals surface area contributed by atoms with E-state index in [0.717, 1.165) is 16.9 Å². The normalized spacial score (nSPS) is 12.7. The molecule has 0 fully saturated rings. The molecule has 176 valence electrons. The molecule has 2 aromatic carbocycles. The summed E-state index contributed by atoms with van der Waals surface area (Å²) >= 11 is 1.50. The first-order chi connectivity index (χ1) is 15.5. The van der Waals surface area contributed by atoms with Gasteiger partial charge in [0.1, 0.15) is 11.2 Å². The maximum Gasteiger partial charge on any atom is 0.340 e. The van der Waals surface area contributed by atoms with Crippen LogP contribution in [0.15, 0.2) is 56.8 Å². The van der Waals surface area contributed by atoms with Crippen LogP contribution in [0.3, 0.4) is 0 Å². The Balaban J connectivity index is 1.99. The quantitative estimate of drug-likeness (QED) is 0.285. The largest absolute Gasteiger partial charge is 0.456 e. The van der Waals surface area contributed by atoms with Gasteiger partial charge in [0.15, 0.2) is 10.5 Å². The Labute approximate surface area is 199 Å². The van der Waals surface area contributed by atoms with Crippen molar-refractivity contribution in [2.45, 2.75) is 65.2 Å². The summed E-state index contributed by atoms with van der Waals surface area (Å²) in [4.78, 5) is 25.7. The second kappa shape index (κ2) is 10.0. The number of carbonyl (C=O) groups excluding carboxylic acids is 1. The highest BCUT2D eigenvalue weighted by molar-refractivity contribution is 7.99. The fourth-order valence-electron chi connectivity index (χ4n) is 3.46. The second-order valence-corrected chi connectivity index (χ2v) is 10.4. The third kappa shape index (κ3) is 5.61. The standard InChI is InChI=1S/C27H33NO4S/c1-8-33-24-15-23(29)21-14-17(4)13-20(25(21)31-24)18(5)28-22-12-10-9-11-19(22)26(30)32-27(6,7)16(2)3/h9-16,18,28H,8H2,1-7H3. The Morgan fingerprint density at radius 2 is 1.85 bits per heavy atom. The van der Waals surface area contributed by atoms with Crippen molar-refractivity contribution in [1.82, 2.24) is 0 Å². The van der Waals surface area contributed by atoms with E-state index in [1.54, 1.807) is 12.1 Å². The molecule has 0 aliphatic heterocycles. The van der Waals surface area contributed by atoms with Crippen molar-refractivity contribution < 1.29 is 13.9 Å². The van der Waals surface area contributed by atoms with Crippen LogP contribution in [-0.2, 0) is 4.74 Å². The minimum absolute atomic E-state index is 0.0516. The molecule has 0 saturated carbocycles. The van der Waals surface area contributed by atoms with Crippen molar-refractivity contribution in [1.29, 1.82) is 0 Å². The summed E-state index contributed by atoms with van der Waals surface area (Å²) in [5, 5.41) is 4.61. The predicted octanol–water partition coefficient (Wildman–Crippen LogP) is 6.98. The topological polar surface area (TPSA) is 68.5 Å². The van der Waals surface area contributed by atoms with Gasteiger partial charge < -0.3 is 14.5 Å². The Bertz CT molecular complexity index is 1210. The number of esters is 1. The van der Waals surface area contributed by atoms with E-state index in [9.17, 15) is 9.59 Å². The van der Waals surface area contributed by atoms with Crippen LogP contribution in [0.2, 0.25) is 0 Å². The van der Waals surface area contributed by atoms with E-state index in [4.69, 9.17) is 9.15 Å². The molecule has 0 saturated heterocycles. The lowest BCUT2D eigenvalue weighted by Crippen LogP contribution is -2.34. The molecule has 0 aliphatic rings. The number of rotatable bonds is 8. The number of nitrogens with one attached hydrogen (secondary N) is 1. The van der Waals surface area contributed by atoms with Crippen LogP contribution in [0.25, 0.3) is 11.0 Å². The SMILES string of the molecule is CCSc1cc(=O)c2cc(C)cc(C(C)Nc3ccccc3C(=O)OC(C)(C)C(C)C)c2o1. The molecule has 1 unspecified atom stereocenters. The molecule has 3 aromatic rings. The van der Waals surface area contributed by atoms with Crippen molar-refractivity contribution in [2.75, 3.05) is 11.1 Å². The molecule has 1 N–H and O–H groups in total. The van der Waals surface area contributed by atoms with E-state index in [1.807, 2.05) is 78.8 Å². The zero-order valence-corrected chi connectivity index (χ0v) is 21.3. The first kappa shape index (κ1) is 24.9. The van der Waals surface area contributed by atoms with Gasteiger partial charge in [0.25, 0.3) is 0 Å². The lowest BCUT2D eigenvalue weighted by Gasteiger charge is -2.29. The lowest BCUT2D eigenvalue weighted by molar-refractivity contribution is -0.0221. The first-order valence-corrected chi connectivity index (χ1v) is 12.3. The summed E-state index contributed by atoms with van der Waals surface area (Å²) in [5.74, 6) is 0.620. The van der Waals surface area contributed by atoms with Crippen LogP contribution in [0.4, 0.5) is 5.69 Å². The fourth-order valence-corrected chi connectivity index (χ4v) is 4.07. The van der Waals surface area contributed by atoms with Crippen molar-refractivity contribution >= 4 is 34.4 Å². The Hall–Kier alpha value is -2.73. The third-order valence-electron chi connectivity index (χ3n) is 6.00. The number of hydrogen-bond acceptors (Lipinski definition) is 6. The number of ether oxygens (including phenoxy) is 1. The van der Waals surface area contributed by atoms with E-state index < -0.39 is 5.60 Å². The minimum atomic E-state index is -0.584. The molecule has 1 heterocycles. The van der Waals surface area contributed by atoms with Crippen LogP contribution in [0.1, 0.15) is 69.1 Å². The summed E-state index contributed by atoms with van der Waals surface area (Å²) in [7, 11) is 0. The van der Waals surface area contributed by atoms with Gasteiger partial charge in [-0.15, -0.1) is 0 Å². The number of fused-ring (bicyclic) bond motifs is 1. The van der Waals surface area contributed by atoms with Gasteiger partial charge in [-0.25, -0.2) is 4.79 Å². The Kier molecular flexibility index (Phi) is 7.58. The zero-order chi connectivity index (χ0) is 24.3. The van der Waals surface area contributed by atoms with Gasteiger partial charge in [-0.2, -0.15) is 0 Å². The van der Waals surface area contributed by atoms with E-state index >= 15 is 0 Å². The molecule has 1 aromatic heterocycles. The molecule has 0 spiro atoms. The molecule has 33 heavy (non-hydrogen) atoms. The minimum Gasteiger partial charge on any atom is -0.456 e. The molecule has 5 nitrogen and oxygen atoms in total. The molecule has 3 rings (SSSR count). The van der Waals surface area contributed by atoms with Gasteiger partial charge in [-0.05, 0) is 63.1 Å². The first-order valence-electron chi connectivity index (χ1n) is 11.3. The fraction of sp³-hybridized carbons (Fsp3) is 0.407. The van der Waals surface area contributed by atoms with Crippen molar-refractivity contribution in [2.24, 2.45) is 5.92 Å². The molecule has 1 atom stereocenters. The van der Waals surface area contributed by atoms with Crippen LogP contribution in [-0.4, -0.2) is 17.3 Å². The van der Waals surface area contributed by atoms with Crippen molar-refractivity contribution in [3.63, 3.8) is 0 Å². The van der Waals surface area contributed by atoms with Crippen LogP contribution >= 0.6 is 11.8 Å². The number of benzene rings is 2. The number of anilines is 1. The average Bonchev–Trinajstić information content (AvgIpc) is 2.74. The van der Waals surface area contributed by atoms with Crippen LogP contribution in [0, 0.1) is 12.8 Å². The Morgan fingerprint density at radius 1 is 1.15 bits per heavy atom. The number of para-hydroxylation sites is 1. The summed E-state index contributed by atoms with van der Waals surface area (Å²) in [6.07, 6.45) is 0. The highest BCUT2D eigenvalue weighted by Crippen LogP contribution is 2.32. The monoisotopic (exact) mass is 467 g/mol. The van der Waals surface area contributed by atoms with Gasteiger partial charge in [0.2, 0.25) is 0 Å². The highest BCUT2D eigenvalue weighted by Gasteiger charge is 2.28. The summed E-state index contributed by atoms with van der Waals surface area (Å²) in [6.45, 7) is 13.9. The molecule has 6 heteroatoms. The van der Waals surface area contributed by atoms with Gasteiger partial charge in [-0.1, -0.05) is 50.7 Å². The maximum atomic E-state index is 13.0. The maximum absolute atomic E-state index is 13.0. The summed E-state index contributed by atoms with van der Waals surface area (Å²) in [5.41, 5.74) is 2.92. The van der Waals surface area contributed by atoms with E-state index in [0.29, 0.717) is 27.3 Å². The van der Waals surface area contributed by atoms with Gasteiger partial charge in [0, 0.05) is 17.3 Å². The van der Waals surface area contributed by atoms with Crippen molar-refractivity contribution in [3.8, 4) is 0 Å². The third-order valence-corrected chi connectivity index (χ3v) is 6.77. The van der Waals surface area contributed by atoms with Crippen LogP contribution < -0.4 is 10.7 Å². The molecule has 0 amide bonds. The highest BCUT2D eigenvalue weighted by atomic mass is 32.2. The molecular weight excluding hydrogens is 434 g/mol. The number of aryl methyl sites for hydroxylation is 1. The van der Waals surface area contributed by atoms with Gasteiger partial charge >= 0.3 is 5.97 Å². The zero-order valence-electron chi connectivity index (χ0n) is 20.4. The van der Waals surface area contributed by atoms with Crippen molar-refractivity contribution in [3.05, 3.63) is 69.4 Å². The van der Waals surface area contributed by atoms with E-state index in [1.165, 1.54) is 11.8 Å². The van der Waals surface area contributed by atoms with Crippen LogP contribution in [0.5, 0.6) is 0 Å². The second-order valence-electron chi connectivity index (χ2n) is 9.15. The number of hydrogen-bond donors (Lipinski definition) is 1. The molecule has 0 radical (unpaired) electrons. The Morgan fingerprint density at radius 3 is 2.52 bits per heavy atom. The number of carbonyl (C=O) groups is 1. The van der Waals surface area contributed by atoms with Gasteiger partial charge in [0.05, 0.1) is 17.0 Å². The van der Waals surface area contributed by atoms with E-state index in [2.05, 4.69) is 5.32 Å². The summed E-state index contributed by atoms with van der Waals surface area (Å²) < 4.78 is 11.9. The molecular formula is C27H33NO4S. The summed E-state index contributed by atoms with van der Waals surface area (Å²) in [6, 6.07) is 12.5. The average molecular weight is 468 g/mol. The molecule has 0 bridgehead atoms.